The number of allylic oxidation sites excluding steroid dienone is 2. The molecule has 3 nitrogen and oxygen atoms in total. The van der Waals surface area contributed by atoms with Crippen molar-refractivity contribution in [2.45, 2.75) is 25.9 Å². The fourth-order valence-electron chi connectivity index (χ4n) is 2.07. The van der Waals surface area contributed by atoms with E-state index in [1.54, 1.807) is 13.8 Å². The molecule has 0 radical (unpaired) electrons. The minimum Gasteiger partial charge on any atom is -0.505 e. The van der Waals surface area contributed by atoms with Crippen LogP contribution in [-0.4, -0.2) is 15.8 Å². The van der Waals surface area contributed by atoms with Crippen molar-refractivity contribution in [2.24, 2.45) is 0 Å². The van der Waals surface area contributed by atoms with Crippen molar-refractivity contribution in [3.63, 3.8) is 0 Å². The predicted molar refractivity (Wildman–Crippen MR) is 65.7 cm³/mol. The molecular weight excluding hydrogens is 216 g/mol. The van der Waals surface area contributed by atoms with Gasteiger partial charge >= 0.3 is 0 Å². The van der Waals surface area contributed by atoms with Gasteiger partial charge in [0.1, 0.15) is 0 Å². The van der Waals surface area contributed by atoms with Crippen LogP contribution in [-0.2, 0) is 11.2 Å². The smallest absolute Gasteiger partial charge is 0.178 e. The zero-order valence-corrected chi connectivity index (χ0v) is 9.97. The molecule has 0 fully saturated rings. The minimum absolute atomic E-state index is 0.118. The lowest BCUT2D eigenvalue weighted by Gasteiger charge is -2.33. The Kier molecular flexibility index (Phi) is 2.84. The summed E-state index contributed by atoms with van der Waals surface area (Å²) in [5, 5.41) is 19.6. The fourth-order valence-corrected chi connectivity index (χ4v) is 2.07. The van der Waals surface area contributed by atoms with Crippen LogP contribution in [0.25, 0.3) is 0 Å². The Labute approximate surface area is 101 Å². The first kappa shape index (κ1) is 11.6. The van der Waals surface area contributed by atoms with E-state index in [0.29, 0.717) is 12.2 Å². The van der Waals surface area contributed by atoms with Crippen LogP contribution in [0.5, 0.6) is 0 Å². The number of aliphatic hydroxyl groups excluding tert-OH is 2. The maximum atomic E-state index is 9.94. The third-order valence-electron chi connectivity index (χ3n) is 2.85. The van der Waals surface area contributed by atoms with Gasteiger partial charge in [0, 0.05) is 12.5 Å². The maximum Gasteiger partial charge on any atom is 0.178 e. The van der Waals surface area contributed by atoms with Gasteiger partial charge in [0.15, 0.2) is 17.1 Å². The van der Waals surface area contributed by atoms with Crippen molar-refractivity contribution < 1.29 is 14.9 Å². The van der Waals surface area contributed by atoms with Gasteiger partial charge in [-0.25, -0.2) is 0 Å². The molecule has 17 heavy (non-hydrogen) atoms. The second-order valence-corrected chi connectivity index (χ2v) is 4.48. The monoisotopic (exact) mass is 232 g/mol. The number of ether oxygens (including phenoxy) is 1. The quantitative estimate of drug-likeness (QED) is 0.822. The Morgan fingerprint density at radius 3 is 2.47 bits per heavy atom. The highest BCUT2D eigenvalue weighted by atomic mass is 16.5. The molecule has 1 unspecified atom stereocenters. The second-order valence-electron chi connectivity index (χ2n) is 4.48. The van der Waals surface area contributed by atoms with Crippen LogP contribution in [0.2, 0.25) is 0 Å². The number of rotatable bonds is 2. The van der Waals surface area contributed by atoms with Gasteiger partial charge in [-0.15, -0.1) is 0 Å². The molecule has 0 bridgehead atoms. The topological polar surface area (TPSA) is 49.7 Å². The minimum atomic E-state index is -0.899. The zero-order chi connectivity index (χ0) is 12.5. The van der Waals surface area contributed by atoms with E-state index in [4.69, 9.17) is 4.74 Å². The van der Waals surface area contributed by atoms with Crippen molar-refractivity contribution in [3.8, 4) is 0 Å². The lowest BCUT2D eigenvalue weighted by atomic mass is 9.92. The highest BCUT2D eigenvalue weighted by Crippen LogP contribution is 2.32. The van der Waals surface area contributed by atoms with Crippen LogP contribution in [0.1, 0.15) is 19.4 Å². The summed E-state index contributed by atoms with van der Waals surface area (Å²) >= 11 is 0. The summed E-state index contributed by atoms with van der Waals surface area (Å²) < 4.78 is 5.65. The molecule has 1 heterocycles. The molecule has 0 amide bonds. The molecule has 1 aromatic rings. The summed E-state index contributed by atoms with van der Waals surface area (Å²) in [5.41, 5.74) is 0.147. The molecule has 0 aromatic heterocycles. The molecule has 2 rings (SSSR count). The van der Waals surface area contributed by atoms with Gasteiger partial charge in [-0.1, -0.05) is 30.3 Å². The van der Waals surface area contributed by atoms with E-state index < -0.39 is 5.60 Å². The standard InChI is InChI=1S/C14H16O3/c1-10-8-12(15)13(16)14(2,17-10)9-11-6-4-3-5-7-11/h3-8,15-16H,9H2,1-2H3. The van der Waals surface area contributed by atoms with Crippen LogP contribution in [0.4, 0.5) is 0 Å². The number of hydrogen-bond acceptors (Lipinski definition) is 3. The fraction of sp³-hybridized carbons (Fsp3) is 0.286. The van der Waals surface area contributed by atoms with Crippen molar-refractivity contribution >= 4 is 0 Å². The third-order valence-corrected chi connectivity index (χ3v) is 2.85. The molecule has 90 valence electrons. The second kappa shape index (κ2) is 4.17. The highest BCUT2D eigenvalue weighted by molar-refractivity contribution is 5.30. The summed E-state index contributed by atoms with van der Waals surface area (Å²) in [5.74, 6) is 0.359. The van der Waals surface area contributed by atoms with Crippen LogP contribution in [0, 0.1) is 0 Å². The average Bonchev–Trinajstić information content (AvgIpc) is 2.27. The summed E-state index contributed by atoms with van der Waals surface area (Å²) in [6, 6.07) is 9.74. The van der Waals surface area contributed by atoms with Crippen molar-refractivity contribution in [1.82, 2.24) is 0 Å². The summed E-state index contributed by atoms with van der Waals surface area (Å²) in [6.45, 7) is 3.52. The van der Waals surface area contributed by atoms with Crippen molar-refractivity contribution in [3.05, 3.63) is 59.2 Å². The number of aliphatic hydroxyl groups is 2. The van der Waals surface area contributed by atoms with E-state index in [9.17, 15) is 10.2 Å². The summed E-state index contributed by atoms with van der Waals surface area (Å²) in [4.78, 5) is 0. The summed E-state index contributed by atoms with van der Waals surface area (Å²) in [7, 11) is 0. The van der Waals surface area contributed by atoms with Crippen LogP contribution in [0.3, 0.4) is 0 Å². The van der Waals surface area contributed by atoms with Gasteiger partial charge in [-0.05, 0) is 19.4 Å². The Morgan fingerprint density at radius 2 is 1.82 bits per heavy atom. The van der Waals surface area contributed by atoms with Crippen molar-refractivity contribution in [2.75, 3.05) is 0 Å². The first-order chi connectivity index (χ1) is 8.01. The molecule has 0 saturated carbocycles. The van der Waals surface area contributed by atoms with E-state index in [1.807, 2.05) is 30.3 Å². The molecule has 1 aliphatic heterocycles. The molecule has 1 aliphatic rings. The molecule has 0 aliphatic carbocycles. The van der Waals surface area contributed by atoms with Crippen LogP contribution < -0.4 is 0 Å². The lowest BCUT2D eigenvalue weighted by Crippen LogP contribution is -2.36. The highest BCUT2D eigenvalue weighted by Gasteiger charge is 2.37. The first-order valence-corrected chi connectivity index (χ1v) is 5.55. The average molecular weight is 232 g/mol. The normalized spacial score (nSPS) is 24.2. The number of benzene rings is 1. The molecule has 1 aromatic carbocycles. The Balaban J connectivity index is 2.29. The van der Waals surface area contributed by atoms with E-state index >= 15 is 0 Å². The summed E-state index contributed by atoms with van der Waals surface area (Å²) in [6.07, 6.45) is 1.93. The molecule has 0 spiro atoms. The molecule has 3 heteroatoms. The molecule has 1 atom stereocenters. The van der Waals surface area contributed by atoms with Crippen molar-refractivity contribution in [1.29, 1.82) is 0 Å². The number of hydrogen-bond donors (Lipinski definition) is 2. The van der Waals surface area contributed by atoms with Gasteiger partial charge < -0.3 is 14.9 Å². The van der Waals surface area contributed by atoms with Gasteiger partial charge in [-0.2, -0.15) is 0 Å². The van der Waals surface area contributed by atoms with E-state index in [1.165, 1.54) is 6.08 Å². The predicted octanol–water partition coefficient (Wildman–Crippen LogP) is 3.25. The zero-order valence-electron chi connectivity index (χ0n) is 9.97. The Bertz CT molecular complexity index is 474. The van der Waals surface area contributed by atoms with E-state index in [2.05, 4.69) is 0 Å². The van der Waals surface area contributed by atoms with E-state index in [-0.39, 0.29) is 11.5 Å². The third kappa shape index (κ3) is 2.28. The Morgan fingerprint density at radius 1 is 1.18 bits per heavy atom. The molecule has 0 saturated heterocycles. The maximum absolute atomic E-state index is 9.94. The van der Waals surface area contributed by atoms with Crippen LogP contribution in [0.15, 0.2) is 53.7 Å². The largest absolute Gasteiger partial charge is 0.505 e. The molecular formula is C14H16O3. The van der Waals surface area contributed by atoms with E-state index in [0.717, 1.165) is 5.56 Å². The van der Waals surface area contributed by atoms with Gasteiger partial charge in [0.25, 0.3) is 0 Å². The molecule has 2 N–H and O–H groups in total. The Hall–Kier alpha value is -1.90. The van der Waals surface area contributed by atoms with Gasteiger partial charge in [-0.3, -0.25) is 0 Å². The SMILES string of the molecule is CC1=CC(O)=C(O)C(C)(Cc2ccccc2)O1. The van der Waals surface area contributed by atoms with Gasteiger partial charge in [0.05, 0.1) is 5.76 Å². The van der Waals surface area contributed by atoms with Crippen LogP contribution >= 0.6 is 0 Å². The lowest BCUT2D eigenvalue weighted by molar-refractivity contribution is 0.00324. The first-order valence-electron chi connectivity index (χ1n) is 5.55. The van der Waals surface area contributed by atoms with Gasteiger partial charge in [0.2, 0.25) is 0 Å².